The van der Waals surface area contributed by atoms with Crippen molar-refractivity contribution < 1.29 is 17.9 Å². The molecule has 1 aromatic carbocycles. The Kier molecular flexibility index (Phi) is 2.82. The number of hydrogen-bond donors (Lipinski definition) is 0. The highest BCUT2D eigenvalue weighted by Gasteiger charge is 2.32. The zero-order valence-electron chi connectivity index (χ0n) is 7.17. The van der Waals surface area contributed by atoms with Gasteiger partial charge in [-0.2, -0.15) is 10.5 Å². The fraction of sp³-hybridized carbons (Fsp3) is 0.111. The minimum absolute atomic E-state index is 0.00625. The highest BCUT2D eigenvalue weighted by molar-refractivity contribution is 5.48. The normalized spacial score (nSPS) is 10.2. The third-order valence-electron chi connectivity index (χ3n) is 1.46. The lowest BCUT2D eigenvalue weighted by Gasteiger charge is -2.09. The second kappa shape index (κ2) is 3.89. The van der Waals surface area contributed by atoms with Gasteiger partial charge in [0.25, 0.3) is 0 Å². The van der Waals surface area contributed by atoms with Gasteiger partial charge in [0.1, 0.15) is 11.8 Å². The largest absolute Gasteiger partial charge is 0.573 e. The molecule has 15 heavy (non-hydrogen) atoms. The van der Waals surface area contributed by atoms with Gasteiger partial charge in [0, 0.05) is 0 Å². The molecule has 0 aliphatic rings. The molecule has 0 unspecified atom stereocenters. The van der Waals surface area contributed by atoms with Gasteiger partial charge in [-0.3, -0.25) is 0 Å². The third kappa shape index (κ3) is 2.89. The number of ether oxygens (including phenoxy) is 1. The summed E-state index contributed by atoms with van der Waals surface area (Å²) in [6, 6.07) is 6.38. The van der Waals surface area contributed by atoms with Gasteiger partial charge in [-0.25, -0.2) is 0 Å². The van der Waals surface area contributed by atoms with Gasteiger partial charge in [-0.1, -0.05) is 0 Å². The molecule has 0 bridgehead atoms. The minimum Gasteiger partial charge on any atom is -0.404 e. The van der Waals surface area contributed by atoms with Crippen LogP contribution in [0.5, 0.6) is 5.75 Å². The molecule has 0 aromatic heterocycles. The molecule has 0 aliphatic carbocycles. The summed E-state index contributed by atoms with van der Waals surface area (Å²) in [4.78, 5) is 0. The quantitative estimate of drug-likeness (QED) is 0.717. The van der Waals surface area contributed by atoms with Crippen LogP contribution in [0.25, 0.3) is 0 Å². The van der Waals surface area contributed by atoms with Crippen molar-refractivity contribution >= 4 is 0 Å². The van der Waals surface area contributed by atoms with Crippen LogP contribution in [0.3, 0.4) is 0 Å². The van der Waals surface area contributed by atoms with Crippen LogP contribution in [-0.2, 0) is 0 Å². The summed E-state index contributed by atoms with van der Waals surface area (Å²) in [5.74, 6) is -0.663. The number of halogens is 3. The Bertz CT molecular complexity index is 454. The number of hydrogen-bond acceptors (Lipinski definition) is 3. The molecule has 0 N–H and O–H groups in total. The van der Waals surface area contributed by atoms with Gasteiger partial charge in [-0.15, -0.1) is 13.2 Å². The first-order chi connectivity index (χ1) is 6.96. The highest BCUT2D eigenvalue weighted by atomic mass is 19.4. The zero-order valence-corrected chi connectivity index (χ0v) is 7.17. The summed E-state index contributed by atoms with van der Waals surface area (Å²) >= 11 is 0. The van der Waals surface area contributed by atoms with Crippen LogP contribution in [0.1, 0.15) is 11.1 Å². The topological polar surface area (TPSA) is 56.8 Å². The summed E-state index contributed by atoms with van der Waals surface area (Å²) in [6.45, 7) is 0. The molecule has 76 valence electrons. The molecule has 3 nitrogen and oxygen atoms in total. The van der Waals surface area contributed by atoms with Crippen molar-refractivity contribution in [2.75, 3.05) is 0 Å². The standard InChI is InChI=1S/C9H3F3N2O/c10-9(11,12)15-8-3-6(4-13)1-2-7(8)5-14/h1-3H. The smallest absolute Gasteiger partial charge is 0.404 e. The Labute approximate surface area is 82.9 Å². The predicted octanol–water partition coefficient (Wildman–Crippen LogP) is 2.33. The van der Waals surface area contributed by atoms with E-state index >= 15 is 0 Å². The number of rotatable bonds is 1. The third-order valence-corrected chi connectivity index (χ3v) is 1.46. The monoisotopic (exact) mass is 212 g/mol. The molecule has 0 saturated heterocycles. The first kappa shape index (κ1) is 10.9. The molecular formula is C9H3F3N2O. The van der Waals surface area contributed by atoms with E-state index in [-0.39, 0.29) is 11.1 Å². The lowest BCUT2D eigenvalue weighted by molar-refractivity contribution is -0.274. The summed E-state index contributed by atoms with van der Waals surface area (Å²) in [6.07, 6.45) is -4.88. The van der Waals surface area contributed by atoms with E-state index in [1.54, 1.807) is 6.07 Å². The predicted molar refractivity (Wildman–Crippen MR) is 42.6 cm³/mol. The van der Waals surface area contributed by atoms with Crippen molar-refractivity contribution in [1.82, 2.24) is 0 Å². The van der Waals surface area contributed by atoms with Crippen molar-refractivity contribution in [2.24, 2.45) is 0 Å². The van der Waals surface area contributed by atoms with Gasteiger partial charge < -0.3 is 4.74 Å². The second-order valence-corrected chi connectivity index (χ2v) is 2.48. The molecule has 0 amide bonds. The Morgan fingerprint density at radius 1 is 1.13 bits per heavy atom. The number of benzene rings is 1. The van der Waals surface area contributed by atoms with E-state index < -0.39 is 12.1 Å². The van der Waals surface area contributed by atoms with Gasteiger partial charge >= 0.3 is 6.36 Å². The molecule has 0 saturated carbocycles. The van der Waals surface area contributed by atoms with Crippen LogP contribution in [0.15, 0.2) is 18.2 Å². The lowest BCUT2D eigenvalue weighted by Crippen LogP contribution is -2.17. The van der Waals surface area contributed by atoms with E-state index in [9.17, 15) is 13.2 Å². The number of alkyl halides is 3. The van der Waals surface area contributed by atoms with Crippen molar-refractivity contribution in [3.8, 4) is 17.9 Å². The summed E-state index contributed by atoms with van der Waals surface area (Å²) < 4.78 is 39.2. The van der Waals surface area contributed by atoms with Crippen LogP contribution in [0, 0.1) is 22.7 Å². The SMILES string of the molecule is N#Cc1ccc(C#N)c(OC(F)(F)F)c1. The zero-order chi connectivity index (χ0) is 11.5. The average Bonchev–Trinajstić information content (AvgIpc) is 2.15. The summed E-state index contributed by atoms with van der Waals surface area (Å²) in [7, 11) is 0. The van der Waals surface area contributed by atoms with Crippen molar-refractivity contribution in [1.29, 1.82) is 10.5 Å². The van der Waals surface area contributed by atoms with Gasteiger partial charge in [0.15, 0.2) is 0 Å². The fourth-order valence-electron chi connectivity index (χ4n) is 0.893. The maximum atomic E-state index is 11.9. The molecule has 6 heteroatoms. The minimum atomic E-state index is -4.88. The molecule has 0 atom stereocenters. The molecule has 0 radical (unpaired) electrons. The maximum Gasteiger partial charge on any atom is 0.573 e. The molecule has 1 aromatic rings. The second-order valence-electron chi connectivity index (χ2n) is 2.48. The first-order valence-corrected chi connectivity index (χ1v) is 3.66. The van der Waals surface area contributed by atoms with Gasteiger partial charge in [0.05, 0.1) is 17.2 Å². The molecule has 1 rings (SSSR count). The van der Waals surface area contributed by atoms with Crippen LogP contribution in [0.2, 0.25) is 0 Å². The highest BCUT2D eigenvalue weighted by Crippen LogP contribution is 2.26. The van der Waals surface area contributed by atoms with E-state index in [0.717, 1.165) is 12.1 Å². The lowest BCUT2D eigenvalue weighted by atomic mass is 10.1. The molecule has 0 fully saturated rings. The van der Waals surface area contributed by atoms with Crippen molar-refractivity contribution in [3.63, 3.8) is 0 Å². The summed E-state index contributed by atoms with van der Waals surface area (Å²) in [5, 5.41) is 17.0. The molecule has 0 spiro atoms. The Morgan fingerprint density at radius 3 is 2.27 bits per heavy atom. The van der Waals surface area contributed by atoms with E-state index in [4.69, 9.17) is 10.5 Å². The average molecular weight is 212 g/mol. The van der Waals surface area contributed by atoms with Gasteiger partial charge in [0.2, 0.25) is 0 Å². The van der Waals surface area contributed by atoms with E-state index in [1.807, 2.05) is 0 Å². The molecular weight excluding hydrogens is 209 g/mol. The van der Waals surface area contributed by atoms with E-state index in [0.29, 0.717) is 0 Å². The summed E-state index contributed by atoms with van der Waals surface area (Å²) in [5.41, 5.74) is -0.278. The van der Waals surface area contributed by atoms with E-state index in [2.05, 4.69) is 4.74 Å². The van der Waals surface area contributed by atoms with Crippen LogP contribution < -0.4 is 4.74 Å². The van der Waals surface area contributed by atoms with Gasteiger partial charge in [-0.05, 0) is 18.2 Å². The van der Waals surface area contributed by atoms with E-state index in [1.165, 1.54) is 12.1 Å². The fourth-order valence-corrected chi connectivity index (χ4v) is 0.893. The molecule has 0 heterocycles. The number of nitrogens with zero attached hydrogens (tertiary/aromatic N) is 2. The van der Waals surface area contributed by atoms with Crippen LogP contribution in [0.4, 0.5) is 13.2 Å². The number of nitriles is 2. The Morgan fingerprint density at radius 2 is 1.80 bits per heavy atom. The first-order valence-electron chi connectivity index (χ1n) is 3.66. The van der Waals surface area contributed by atoms with Crippen LogP contribution in [-0.4, -0.2) is 6.36 Å². The Balaban J connectivity index is 3.15. The maximum absolute atomic E-state index is 11.9. The Hall–Kier alpha value is -2.21. The van der Waals surface area contributed by atoms with Crippen molar-refractivity contribution in [3.05, 3.63) is 29.3 Å². The molecule has 0 aliphatic heterocycles. The van der Waals surface area contributed by atoms with Crippen molar-refractivity contribution in [2.45, 2.75) is 6.36 Å². The van der Waals surface area contributed by atoms with Crippen LogP contribution >= 0.6 is 0 Å².